The highest BCUT2D eigenvalue weighted by atomic mass is 16.4. The molecule has 0 spiro atoms. The smallest absolute Gasteiger partial charge is 0.326 e. The average molecular weight is 241 g/mol. The number of nitrogens with one attached hydrogen (secondary N) is 1. The monoisotopic (exact) mass is 241 g/mol. The van der Waals surface area contributed by atoms with Crippen molar-refractivity contribution in [3.05, 3.63) is 0 Å². The topological polar surface area (TPSA) is 93.4 Å². The lowest BCUT2D eigenvalue weighted by molar-refractivity contribution is -0.140. The number of hydrogen-bond donors (Lipinski definition) is 2. The number of carboxylic acids is 1. The number of amides is 2. The van der Waals surface area contributed by atoms with Crippen LogP contribution < -0.4 is 5.32 Å². The van der Waals surface area contributed by atoms with Crippen molar-refractivity contribution in [2.24, 2.45) is 5.92 Å². The van der Waals surface area contributed by atoms with E-state index in [9.17, 15) is 9.59 Å². The second-order valence-corrected chi connectivity index (χ2v) is 4.00. The van der Waals surface area contributed by atoms with Gasteiger partial charge in [0.05, 0.1) is 12.5 Å². The highest BCUT2D eigenvalue weighted by Gasteiger charge is 2.25. The molecule has 0 aromatic carbocycles. The van der Waals surface area contributed by atoms with Crippen LogP contribution in [0.2, 0.25) is 0 Å². The first-order chi connectivity index (χ1) is 7.93. The number of aliphatic carboxylic acids is 1. The van der Waals surface area contributed by atoms with Crippen molar-refractivity contribution in [1.82, 2.24) is 10.2 Å². The Morgan fingerprint density at radius 3 is 2.41 bits per heavy atom. The van der Waals surface area contributed by atoms with Gasteiger partial charge in [-0.2, -0.15) is 5.26 Å². The standard InChI is InChI=1S/C11H19N3O3/c1-4-14(7-5-6-12)11(17)13-9(8(2)3)10(15)16/h8-9H,4-5,7H2,1-3H3,(H,13,17)(H,15,16). The molecule has 0 aromatic rings. The van der Waals surface area contributed by atoms with E-state index in [1.807, 2.05) is 6.07 Å². The minimum atomic E-state index is -1.05. The van der Waals surface area contributed by atoms with E-state index in [2.05, 4.69) is 5.32 Å². The molecule has 0 saturated carbocycles. The molecular weight excluding hydrogens is 222 g/mol. The maximum Gasteiger partial charge on any atom is 0.326 e. The Bertz CT molecular complexity index is 310. The Kier molecular flexibility index (Phi) is 6.71. The lowest BCUT2D eigenvalue weighted by Crippen LogP contribution is -2.50. The normalized spacial score (nSPS) is 11.7. The summed E-state index contributed by atoms with van der Waals surface area (Å²) in [5.41, 5.74) is 0. The van der Waals surface area contributed by atoms with E-state index in [4.69, 9.17) is 10.4 Å². The number of carboxylic acid groups (broad SMARTS) is 1. The summed E-state index contributed by atoms with van der Waals surface area (Å²) >= 11 is 0. The maximum absolute atomic E-state index is 11.7. The zero-order valence-electron chi connectivity index (χ0n) is 10.4. The van der Waals surface area contributed by atoms with Crippen molar-refractivity contribution in [2.45, 2.75) is 33.2 Å². The number of carbonyl (C=O) groups excluding carboxylic acids is 1. The lowest BCUT2D eigenvalue weighted by atomic mass is 10.1. The molecule has 6 heteroatoms. The number of urea groups is 1. The quantitative estimate of drug-likeness (QED) is 0.726. The predicted molar refractivity (Wildman–Crippen MR) is 62.3 cm³/mol. The van der Waals surface area contributed by atoms with Gasteiger partial charge in [0, 0.05) is 13.1 Å². The van der Waals surface area contributed by atoms with Crippen molar-refractivity contribution in [3.8, 4) is 6.07 Å². The largest absolute Gasteiger partial charge is 0.480 e. The summed E-state index contributed by atoms with van der Waals surface area (Å²) in [4.78, 5) is 24.1. The van der Waals surface area contributed by atoms with Crippen LogP contribution in [0.25, 0.3) is 0 Å². The number of nitrogens with zero attached hydrogens (tertiary/aromatic N) is 2. The van der Waals surface area contributed by atoms with Crippen LogP contribution in [0.15, 0.2) is 0 Å². The summed E-state index contributed by atoms with van der Waals surface area (Å²) in [5.74, 6) is -1.24. The highest BCUT2D eigenvalue weighted by Crippen LogP contribution is 2.03. The third-order valence-corrected chi connectivity index (χ3v) is 2.37. The first-order valence-electron chi connectivity index (χ1n) is 5.59. The van der Waals surface area contributed by atoms with Crippen molar-refractivity contribution < 1.29 is 14.7 Å². The van der Waals surface area contributed by atoms with Crippen molar-refractivity contribution >= 4 is 12.0 Å². The average Bonchev–Trinajstić information content (AvgIpc) is 2.26. The molecule has 0 heterocycles. The molecule has 17 heavy (non-hydrogen) atoms. The van der Waals surface area contributed by atoms with E-state index >= 15 is 0 Å². The van der Waals surface area contributed by atoms with Crippen LogP contribution in [0, 0.1) is 17.2 Å². The number of rotatable bonds is 6. The molecule has 0 bridgehead atoms. The van der Waals surface area contributed by atoms with Crippen LogP contribution >= 0.6 is 0 Å². The number of hydrogen-bond acceptors (Lipinski definition) is 3. The summed E-state index contributed by atoms with van der Waals surface area (Å²) < 4.78 is 0. The highest BCUT2D eigenvalue weighted by molar-refractivity contribution is 5.82. The van der Waals surface area contributed by atoms with Gasteiger partial charge in [0.1, 0.15) is 6.04 Å². The van der Waals surface area contributed by atoms with E-state index in [0.717, 1.165) is 0 Å². The molecule has 0 aliphatic rings. The molecule has 2 N–H and O–H groups in total. The van der Waals surface area contributed by atoms with Crippen molar-refractivity contribution in [2.75, 3.05) is 13.1 Å². The molecule has 2 amide bonds. The van der Waals surface area contributed by atoms with E-state index < -0.39 is 18.0 Å². The number of carbonyl (C=O) groups is 2. The van der Waals surface area contributed by atoms with Gasteiger partial charge in [0.15, 0.2) is 0 Å². The van der Waals surface area contributed by atoms with Crippen LogP contribution in [-0.2, 0) is 4.79 Å². The van der Waals surface area contributed by atoms with Gasteiger partial charge in [-0.3, -0.25) is 0 Å². The van der Waals surface area contributed by atoms with Gasteiger partial charge in [-0.25, -0.2) is 9.59 Å². The fourth-order valence-electron chi connectivity index (χ4n) is 1.33. The van der Waals surface area contributed by atoms with E-state index in [-0.39, 0.29) is 12.3 Å². The number of nitriles is 1. The van der Waals surface area contributed by atoms with Crippen LogP contribution in [0.1, 0.15) is 27.2 Å². The summed E-state index contributed by atoms with van der Waals surface area (Å²) in [5, 5.41) is 19.8. The molecule has 0 radical (unpaired) electrons. The van der Waals surface area contributed by atoms with Crippen LogP contribution in [-0.4, -0.2) is 41.1 Å². The molecule has 0 aliphatic heterocycles. The van der Waals surface area contributed by atoms with Crippen LogP contribution in [0.5, 0.6) is 0 Å². The minimum Gasteiger partial charge on any atom is -0.480 e. The Balaban J connectivity index is 4.47. The van der Waals surface area contributed by atoms with Gasteiger partial charge < -0.3 is 15.3 Å². The van der Waals surface area contributed by atoms with Crippen molar-refractivity contribution in [1.29, 1.82) is 5.26 Å². The van der Waals surface area contributed by atoms with E-state index in [1.165, 1.54) is 4.90 Å². The Morgan fingerprint density at radius 2 is 2.06 bits per heavy atom. The fourth-order valence-corrected chi connectivity index (χ4v) is 1.33. The molecule has 96 valence electrons. The van der Waals surface area contributed by atoms with Gasteiger partial charge in [0.25, 0.3) is 0 Å². The molecular formula is C11H19N3O3. The zero-order valence-corrected chi connectivity index (χ0v) is 10.4. The van der Waals surface area contributed by atoms with Gasteiger partial charge in [0.2, 0.25) is 0 Å². The Labute approximate surface area is 101 Å². The summed E-state index contributed by atoms with van der Waals surface area (Å²) in [6.07, 6.45) is 0.237. The molecule has 0 fully saturated rings. The summed E-state index contributed by atoms with van der Waals surface area (Å²) in [6, 6.07) is 0.603. The Morgan fingerprint density at radius 1 is 1.47 bits per heavy atom. The van der Waals surface area contributed by atoms with E-state index in [1.54, 1.807) is 20.8 Å². The predicted octanol–water partition coefficient (Wildman–Crippen LogP) is 1.04. The van der Waals surface area contributed by atoms with Crippen LogP contribution in [0.4, 0.5) is 4.79 Å². The first-order valence-corrected chi connectivity index (χ1v) is 5.59. The summed E-state index contributed by atoms with van der Waals surface area (Å²) in [7, 11) is 0. The molecule has 0 rings (SSSR count). The van der Waals surface area contributed by atoms with Gasteiger partial charge >= 0.3 is 12.0 Å². The van der Waals surface area contributed by atoms with E-state index in [0.29, 0.717) is 13.1 Å². The van der Waals surface area contributed by atoms with Gasteiger partial charge in [-0.15, -0.1) is 0 Å². The first kappa shape index (κ1) is 15.2. The van der Waals surface area contributed by atoms with Gasteiger partial charge in [-0.05, 0) is 12.8 Å². The molecule has 6 nitrogen and oxygen atoms in total. The SMILES string of the molecule is CCN(CCC#N)C(=O)NC(C(=O)O)C(C)C. The maximum atomic E-state index is 11.7. The third-order valence-electron chi connectivity index (χ3n) is 2.37. The molecule has 0 aliphatic carbocycles. The van der Waals surface area contributed by atoms with Gasteiger partial charge in [-0.1, -0.05) is 13.8 Å². The molecule has 0 saturated heterocycles. The Hall–Kier alpha value is -1.77. The minimum absolute atomic E-state index is 0.189. The molecule has 1 unspecified atom stereocenters. The molecule has 0 aromatic heterocycles. The second kappa shape index (κ2) is 7.49. The fraction of sp³-hybridized carbons (Fsp3) is 0.727. The van der Waals surface area contributed by atoms with Crippen molar-refractivity contribution in [3.63, 3.8) is 0 Å². The third kappa shape index (κ3) is 5.20. The summed E-state index contributed by atoms with van der Waals surface area (Å²) in [6.45, 7) is 5.98. The lowest BCUT2D eigenvalue weighted by Gasteiger charge is -2.24. The molecule has 1 atom stereocenters. The van der Waals surface area contributed by atoms with Crippen LogP contribution in [0.3, 0.4) is 0 Å². The second-order valence-electron chi connectivity index (χ2n) is 4.00. The zero-order chi connectivity index (χ0) is 13.4.